The van der Waals surface area contributed by atoms with E-state index in [1.807, 2.05) is 0 Å². The first kappa shape index (κ1) is 23.8. The van der Waals surface area contributed by atoms with Crippen LogP contribution in [0.2, 0.25) is 0 Å². The van der Waals surface area contributed by atoms with Crippen LogP contribution in [0.15, 0.2) is 18.2 Å². The summed E-state index contributed by atoms with van der Waals surface area (Å²) in [6.07, 6.45) is -11.6. The highest BCUT2D eigenvalue weighted by atomic mass is 19.4. The van der Waals surface area contributed by atoms with Gasteiger partial charge in [0, 0.05) is 13.1 Å². The van der Waals surface area contributed by atoms with Crippen molar-refractivity contribution in [3.8, 4) is 0 Å². The number of hydrogen-bond donors (Lipinski definition) is 1. The summed E-state index contributed by atoms with van der Waals surface area (Å²) in [6.45, 7) is 4.48. The number of benzene rings is 1. The average Bonchev–Trinajstić information content (AvgIpc) is 2.58. The van der Waals surface area contributed by atoms with Crippen molar-refractivity contribution in [2.24, 2.45) is 0 Å². The Kier molecular flexibility index (Phi) is 6.08. The van der Waals surface area contributed by atoms with Crippen LogP contribution in [-0.2, 0) is 27.3 Å². The molecule has 1 saturated heterocycles. The highest BCUT2D eigenvalue weighted by Gasteiger charge is 2.47. The normalized spacial score (nSPS) is 17.6. The van der Waals surface area contributed by atoms with Crippen molar-refractivity contribution in [2.75, 3.05) is 13.1 Å². The predicted octanol–water partition coefficient (Wildman–Crippen LogP) is 5.08. The topological polar surface area (TPSA) is 66.8 Å². The van der Waals surface area contributed by atoms with Crippen molar-refractivity contribution < 1.29 is 45.8 Å². The highest BCUT2D eigenvalue weighted by molar-refractivity contribution is 5.82. The molecule has 0 aromatic heterocycles. The molecular weight excluding hydrogens is 420 g/mol. The van der Waals surface area contributed by atoms with Crippen molar-refractivity contribution in [3.63, 3.8) is 0 Å². The number of halogens is 6. The van der Waals surface area contributed by atoms with E-state index < -0.39 is 52.1 Å². The number of piperidine rings is 1. The summed E-state index contributed by atoms with van der Waals surface area (Å²) < 4.78 is 84.2. The molecule has 1 fully saturated rings. The summed E-state index contributed by atoms with van der Waals surface area (Å²) in [5, 5.41) is 9.74. The maximum Gasteiger partial charge on any atom is 0.416 e. The Morgan fingerprint density at radius 2 is 1.37 bits per heavy atom. The third-order valence-electron chi connectivity index (χ3n) is 4.82. The van der Waals surface area contributed by atoms with Crippen LogP contribution in [0.4, 0.5) is 31.1 Å². The second kappa shape index (κ2) is 7.66. The van der Waals surface area contributed by atoms with Gasteiger partial charge in [0.1, 0.15) is 5.60 Å². The van der Waals surface area contributed by atoms with Gasteiger partial charge in [0.15, 0.2) is 0 Å². The van der Waals surface area contributed by atoms with Gasteiger partial charge in [-0.3, -0.25) is 4.79 Å². The van der Waals surface area contributed by atoms with E-state index >= 15 is 0 Å². The van der Waals surface area contributed by atoms with Crippen molar-refractivity contribution >= 4 is 12.1 Å². The lowest BCUT2D eigenvalue weighted by molar-refractivity contribution is -0.148. The molecule has 0 atom stereocenters. The SMILES string of the molecule is CC(C)(C)OC(=O)N1CCC(C(=O)O)(c2cc(C(F)(F)F)cc(C(F)(F)F)c2)CC1. The molecule has 0 radical (unpaired) electrons. The van der Waals surface area contributed by atoms with Gasteiger partial charge in [-0.05, 0) is 57.4 Å². The van der Waals surface area contributed by atoms with E-state index in [1.165, 1.54) is 4.90 Å². The molecular formula is C19H21F6NO4. The van der Waals surface area contributed by atoms with Crippen LogP contribution < -0.4 is 0 Å². The number of alkyl halides is 6. The Bertz CT molecular complexity index is 786. The molecule has 30 heavy (non-hydrogen) atoms. The van der Waals surface area contributed by atoms with Crippen LogP contribution in [0, 0.1) is 0 Å². The summed E-state index contributed by atoms with van der Waals surface area (Å²) in [5.41, 5.74) is -6.58. The van der Waals surface area contributed by atoms with E-state index in [4.69, 9.17) is 4.74 Å². The van der Waals surface area contributed by atoms with E-state index in [2.05, 4.69) is 0 Å². The van der Waals surface area contributed by atoms with Crippen molar-refractivity contribution in [3.05, 3.63) is 34.9 Å². The number of rotatable bonds is 2. The minimum atomic E-state index is -5.09. The summed E-state index contributed by atoms with van der Waals surface area (Å²) in [6, 6.07) is 0.827. The van der Waals surface area contributed by atoms with Gasteiger partial charge in [-0.25, -0.2) is 4.79 Å². The standard InChI is InChI=1S/C19H21F6NO4/c1-16(2,3)30-15(29)26-6-4-17(5-7-26,14(27)28)11-8-12(18(20,21)22)10-13(9-11)19(23,24)25/h8-10H,4-7H2,1-3H3,(H,27,28). The van der Waals surface area contributed by atoms with E-state index in [-0.39, 0.29) is 32.0 Å². The monoisotopic (exact) mass is 441 g/mol. The molecule has 11 heteroatoms. The largest absolute Gasteiger partial charge is 0.481 e. The molecule has 1 aliphatic heterocycles. The molecule has 1 N–H and O–H groups in total. The van der Waals surface area contributed by atoms with E-state index in [0.717, 1.165) is 0 Å². The van der Waals surface area contributed by atoms with Gasteiger partial charge in [-0.1, -0.05) is 0 Å². The number of carbonyl (C=O) groups is 2. The number of hydrogen-bond acceptors (Lipinski definition) is 3. The van der Waals surface area contributed by atoms with Gasteiger partial charge in [-0.2, -0.15) is 26.3 Å². The van der Waals surface area contributed by atoms with Crippen molar-refractivity contribution in [1.82, 2.24) is 4.90 Å². The fourth-order valence-electron chi connectivity index (χ4n) is 3.25. The number of likely N-dealkylation sites (tertiary alicyclic amines) is 1. The van der Waals surface area contributed by atoms with Crippen LogP contribution >= 0.6 is 0 Å². The van der Waals surface area contributed by atoms with Crippen LogP contribution in [0.25, 0.3) is 0 Å². The average molecular weight is 441 g/mol. The second-order valence-corrected chi connectivity index (χ2v) is 8.15. The summed E-state index contributed by atoms with van der Waals surface area (Å²) in [4.78, 5) is 25.4. The maximum absolute atomic E-state index is 13.2. The van der Waals surface area contributed by atoms with Crippen LogP contribution in [0.1, 0.15) is 50.3 Å². The smallest absolute Gasteiger partial charge is 0.416 e. The molecule has 0 aliphatic carbocycles. The Hall–Kier alpha value is -2.46. The van der Waals surface area contributed by atoms with Gasteiger partial charge in [-0.15, -0.1) is 0 Å². The number of aliphatic carboxylic acids is 1. The quantitative estimate of drug-likeness (QED) is 0.651. The number of amides is 1. The Balaban J connectivity index is 2.44. The molecule has 0 saturated carbocycles. The predicted molar refractivity (Wildman–Crippen MR) is 92.8 cm³/mol. The number of ether oxygens (including phenoxy) is 1. The lowest BCUT2D eigenvalue weighted by atomic mass is 9.72. The molecule has 1 heterocycles. The highest BCUT2D eigenvalue weighted by Crippen LogP contribution is 2.42. The lowest BCUT2D eigenvalue weighted by Gasteiger charge is -2.40. The van der Waals surface area contributed by atoms with E-state index in [0.29, 0.717) is 12.1 Å². The zero-order chi connectivity index (χ0) is 23.1. The van der Waals surface area contributed by atoms with Crippen LogP contribution in [0.5, 0.6) is 0 Å². The molecule has 1 aromatic rings. The minimum Gasteiger partial charge on any atom is -0.481 e. The summed E-state index contributed by atoms with van der Waals surface area (Å²) in [5.74, 6) is -1.56. The Labute approximate surface area is 168 Å². The lowest BCUT2D eigenvalue weighted by Crippen LogP contribution is -2.50. The van der Waals surface area contributed by atoms with Crippen LogP contribution in [0.3, 0.4) is 0 Å². The molecule has 168 valence electrons. The van der Waals surface area contributed by atoms with Crippen molar-refractivity contribution in [1.29, 1.82) is 0 Å². The first-order valence-corrected chi connectivity index (χ1v) is 8.97. The van der Waals surface area contributed by atoms with Gasteiger partial charge in [0.05, 0.1) is 16.5 Å². The van der Waals surface area contributed by atoms with Crippen molar-refractivity contribution in [2.45, 2.75) is 57.0 Å². The van der Waals surface area contributed by atoms with Gasteiger partial charge in [0.2, 0.25) is 0 Å². The molecule has 1 aromatic carbocycles. The first-order chi connectivity index (χ1) is 13.5. The third kappa shape index (κ3) is 5.17. The van der Waals surface area contributed by atoms with Gasteiger partial charge in [0.25, 0.3) is 0 Å². The maximum atomic E-state index is 13.2. The number of carbonyl (C=O) groups excluding carboxylic acids is 1. The summed E-state index contributed by atoms with van der Waals surface area (Å²) in [7, 11) is 0. The molecule has 0 bridgehead atoms. The van der Waals surface area contributed by atoms with Gasteiger partial charge >= 0.3 is 24.4 Å². The van der Waals surface area contributed by atoms with E-state index in [9.17, 15) is 41.0 Å². The van der Waals surface area contributed by atoms with Crippen LogP contribution in [-0.4, -0.2) is 40.8 Å². The van der Waals surface area contributed by atoms with E-state index in [1.54, 1.807) is 20.8 Å². The zero-order valence-corrected chi connectivity index (χ0v) is 16.4. The molecule has 0 unspecified atom stereocenters. The number of carboxylic acids is 1. The minimum absolute atomic E-state index is 0.0467. The summed E-state index contributed by atoms with van der Waals surface area (Å²) >= 11 is 0. The Morgan fingerprint density at radius 1 is 0.933 bits per heavy atom. The number of nitrogens with zero attached hydrogens (tertiary/aromatic N) is 1. The van der Waals surface area contributed by atoms with Gasteiger partial charge < -0.3 is 14.7 Å². The Morgan fingerprint density at radius 3 is 1.70 bits per heavy atom. The molecule has 5 nitrogen and oxygen atoms in total. The first-order valence-electron chi connectivity index (χ1n) is 8.97. The fourth-order valence-corrected chi connectivity index (χ4v) is 3.25. The third-order valence-corrected chi connectivity index (χ3v) is 4.82. The zero-order valence-electron chi connectivity index (χ0n) is 16.4. The number of carboxylic acid groups (broad SMARTS) is 1. The second-order valence-electron chi connectivity index (χ2n) is 8.15. The molecule has 0 spiro atoms. The molecule has 2 rings (SSSR count). The molecule has 1 aliphatic rings. The molecule has 1 amide bonds. The fraction of sp³-hybridized carbons (Fsp3) is 0.579.